The number of carbonyl (C=O) groups is 2. The molecule has 21 heavy (non-hydrogen) atoms. The summed E-state index contributed by atoms with van der Waals surface area (Å²) in [7, 11) is 1.31. The van der Waals surface area contributed by atoms with E-state index in [0.29, 0.717) is 21.8 Å². The summed E-state index contributed by atoms with van der Waals surface area (Å²) in [6, 6.07) is 6.56. The number of esters is 1. The smallest absolute Gasteiger partial charge is 0.337 e. The van der Waals surface area contributed by atoms with Gasteiger partial charge in [-0.15, -0.1) is 5.10 Å². The first-order valence-electron chi connectivity index (χ1n) is 6.35. The highest BCUT2D eigenvalue weighted by Gasteiger charge is 2.19. The minimum Gasteiger partial charge on any atom is -0.465 e. The van der Waals surface area contributed by atoms with Crippen LogP contribution in [0.3, 0.4) is 0 Å². The Labute approximate surface area is 126 Å². The van der Waals surface area contributed by atoms with E-state index in [1.54, 1.807) is 24.3 Å². The SMILES string of the molecule is COC(=O)c1cccc(NC(=O)c2snnc2C(C)C)c1. The molecule has 110 valence electrons. The van der Waals surface area contributed by atoms with Gasteiger partial charge in [0.1, 0.15) is 4.88 Å². The minimum atomic E-state index is -0.451. The predicted octanol–water partition coefficient (Wildman–Crippen LogP) is 2.70. The molecule has 0 radical (unpaired) electrons. The third-order valence-electron chi connectivity index (χ3n) is 2.81. The molecular weight excluding hydrogens is 290 g/mol. The van der Waals surface area contributed by atoms with Gasteiger partial charge in [-0.25, -0.2) is 4.79 Å². The van der Waals surface area contributed by atoms with Crippen molar-refractivity contribution in [1.82, 2.24) is 9.59 Å². The van der Waals surface area contributed by atoms with E-state index >= 15 is 0 Å². The molecule has 0 atom stereocenters. The number of hydrogen-bond acceptors (Lipinski definition) is 6. The average molecular weight is 305 g/mol. The number of methoxy groups -OCH3 is 1. The molecule has 0 unspecified atom stereocenters. The molecule has 2 rings (SSSR count). The van der Waals surface area contributed by atoms with Gasteiger partial charge >= 0.3 is 5.97 Å². The van der Waals surface area contributed by atoms with Gasteiger partial charge in [-0.3, -0.25) is 4.79 Å². The van der Waals surface area contributed by atoms with Crippen molar-refractivity contribution in [2.24, 2.45) is 0 Å². The zero-order valence-corrected chi connectivity index (χ0v) is 12.7. The van der Waals surface area contributed by atoms with E-state index in [0.717, 1.165) is 11.5 Å². The number of nitrogens with one attached hydrogen (secondary N) is 1. The summed E-state index contributed by atoms with van der Waals surface area (Å²) >= 11 is 1.06. The van der Waals surface area contributed by atoms with E-state index in [-0.39, 0.29) is 11.8 Å². The largest absolute Gasteiger partial charge is 0.465 e. The lowest BCUT2D eigenvalue weighted by molar-refractivity contribution is 0.0600. The highest BCUT2D eigenvalue weighted by atomic mass is 32.1. The van der Waals surface area contributed by atoms with Crippen LogP contribution in [0.5, 0.6) is 0 Å². The number of nitrogens with zero attached hydrogens (tertiary/aromatic N) is 2. The van der Waals surface area contributed by atoms with E-state index in [1.165, 1.54) is 7.11 Å². The van der Waals surface area contributed by atoms with Crippen LogP contribution in [-0.2, 0) is 4.74 Å². The number of benzene rings is 1. The summed E-state index contributed by atoms with van der Waals surface area (Å²) in [4.78, 5) is 24.2. The van der Waals surface area contributed by atoms with Crippen molar-refractivity contribution in [3.8, 4) is 0 Å². The number of anilines is 1. The first kappa shape index (κ1) is 15.1. The van der Waals surface area contributed by atoms with Crippen molar-refractivity contribution < 1.29 is 14.3 Å². The molecule has 6 nitrogen and oxygen atoms in total. The molecule has 0 aliphatic carbocycles. The van der Waals surface area contributed by atoms with Crippen LogP contribution in [-0.4, -0.2) is 28.6 Å². The van der Waals surface area contributed by atoms with E-state index in [2.05, 4.69) is 19.6 Å². The normalized spacial score (nSPS) is 10.5. The second-order valence-electron chi connectivity index (χ2n) is 4.67. The highest BCUT2D eigenvalue weighted by Crippen LogP contribution is 2.21. The molecule has 7 heteroatoms. The van der Waals surface area contributed by atoms with Crippen LogP contribution >= 0.6 is 11.5 Å². The first-order chi connectivity index (χ1) is 10.0. The van der Waals surface area contributed by atoms with E-state index < -0.39 is 5.97 Å². The van der Waals surface area contributed by atoms with E-state index in [1.807, 2.05) is 13.8 Å². The van der Waals surface area contributed by atoms with Crippen LogP contribution in [0.2, 0.25) is 0 Å². The monoisotopic (exact) mass is 305 g/mol. The lowest BCUT2D eigenvalue weighted by Gasteiger charge is -2.07. The maximum Gasteiger partial charge on any atom is 0.337 e. The van der Waals surface area contributed by atoms with Crippen LogP contribution in [0.25, 0.3) is 0 Å². The van der Waals surface area contributed by atoms with Crippen LogP contribution < -0.4 is 5.32 Å². The quantitative estimate of drug-likeness (QED) is 0.878. The molecule has 0 aliphatic rings. The Morgan fingerprint density at radius 1 is 1.33 bits per heavy atom. The zero-order chi connectivity index (χ0) is 15.4. The first-order valence-corrected chi connectivity index (χ1v) is 7.12. The van der Waals surface area contributed by atoms with Gasteiger partial charge in [-0.1, -0.05) is 24.4 Å². The van der Waals surface area contributed by atoms with Crippen molar-refractivity contribution >= 4 is 29.1 Å². The van der Waals surface area contributed by atoms with Gasteiger partial charge in [-0.2, -0.15) is 0 Å². The van der Waals surface area contributed by atoms with Crippen molar-refractivity contribution in [3.63, 3.8) is 0 Å². The van der Waals surface area contributed by atoms with Gasteiger partial charge in [-0.05, 0) is 35.6 Å². The molecule has 0 bridgehead atoms. The Bertz CT molecular complexity index is 667. The summed E-state index contributed by atoms with van der Waals surface area (Å²) in [6.45, 7) is 3.90. The van der Waals surface area contributed by atoms with Crippen molar-refractivity contribution in [1.29, 1.82) is 0 Å². The van der Waals surface area contributed by atoms with E-state index in [9.17, 15) is 9.59 Å². The lowest BCUT2D eigenvalue weighted by atomic mass is 10.1. The summed E-state index contributed by atoms with van der Waals surface area (Å²) in [5.74, 6) is -0.616. The summed E-state index contributed by atoms with van der Waals surface area (Å²) in [5.41, 5.74) is 1.56. The van der Waals surface area contributed by atoms with E-state index in [4.69, 9.17) is 0 Å². The fourth-order valence-corrected chi connectivity index (χ4v) is 2.48. The maximum atomic E-state index is 12.3. The predicted molar refractivity (Wildman–Crippen MR) is 79.7 cm³/mol. The molecule has 1 heterocycles. The third-order valence-corrected chi connectivity index (χ3v) is 3.55. The van der Waals surface area contributed by atoms with Crippen molar-refractivity contribution in [3.05, 3.63) is 40.4 Å². The fraction of sp³-hybridized carbons (Fsp3) is 0.286. The Morgan fingerprint density at radius 3 is 2.76 bits per heavy atom. The number of rotatable bonds is 4. The topological polar surface area (TPSA) is 81.2 Å². The van der Waals surface area contributed by atoms with Gasteiger partial charge in [0.05, 0.1) is 18.4 Å². The highest BCUT2D eigenvalue weighted by molar-refractivity contribution is 7.08. The Morgan fingerprint density at radius 2 is 2.10 bits per heavy atom. The van der Waals surface area contributed by atoms with Crippen LogP contribution in [0.15, 0.2) is 24.3 Å². The number of carbonyl (C=O) groups excluding carboxylic acids is 2. The molecular formula is C14H15N3O3S. The molecule has 1 aromatic carbocycles. The Hall–Kier alpha value is -2.28. The Balaban J connectivity index is 2.20. The molecule has 0 fully saturated rings. The summed E-state index contributed by atoms with van der Waals surface area (Å²) < 4.78 is 8.47. The van der Waals surface area contributed by atoms with Crippen LogP contribution in [0.1, 0.15) is 45.5 Å². The van der Waals surface area contributed by atoms with Gasteiger partial charge in [0.15, 0.2) is 0 Å². The van der Waals surface area contributed by atoms with Crippen LogP contribution in [0.4, 0.5) is 5.69 Å². The summed E-state index contributed by atoms with van der Waals surface area (Å²) in [5, 5.41) is 6.71. The second-order valence-corrected chi connectivity index (χ2v) is 5.42. The molecule has 0 spiro atoms. The fourth-order valence-electron chi connectivity index (χ4n) is 1.76. The van der Waals surface area contributed by atoms with Crippen molar-refractivity contribution in [2.75, 3.05) is 12.4 Å². The zero-order valence-electron chi connectivity index (χ0n) is 11.9. The van der Waals surface area contributed by atoms with Gasteiger partial charge < -0.3 is 10.1 Å². The standard InChI is InChI=1S/C14H15N3O3S/c1-8(2)11-12(21-17-16-11)13(18)15-10-6-4-5-9(7-10)14(19)20-3/h4-8H,1-3H3,(H,15,18). The summed E-state index contributed by atoms with van der Waals surface area (Å²) in [6.07, 6.45) is 0. The van der Waals surface area contributed by atoms with Crippen molar-refractivity contribution in [2.45, 2.75) is 19.8 Å². The van der Waals surface area contributed by atoms with Crippen LogP contribution in [0, 0.1) is 0 Å². The lowest BCUT2D eigenvalue weighted by Crippen LogP contribution is -2.13. The molecule has 0 saturated heterocycles. The number of aromatic nitrogens is 2. The van der Waals surface area contributed by atoms with Gasteiger partial charge in [0.2, 0.25) is 0 Å². The molecule has 0 saturated carbocycles. The average Bonchev–Trinajstić information content (AvgIpc) is 2.96. The third kappa shape index (κ3) is 3.43. The number of ether oxygens (including phenoxy) is 1. The molecule has 1 N–H and O–H groups in total. The minimum absolute atomic E-state index is 0.117. The van der Waals surface area contributed by atoms with Gasteiger partial charge in [0, 0.05) is 5.69 Å². The molecule has 1 amide bonds. The number of hydrogen-bond donors (Lipinski definition) is 1. The molecule has 2 aromatic rings. The molecule has 1 aromatic heterocycles. The Kier molecular flexibility index (Phi) is 4.64. The number of amides is 1. The molecule has 0 aliphatic heterocycles. The van der Waals surface area contributed by atoms with Gasteiger partial charge in [0.25, 0.3) is 5.91 Å². The maximum absolute atomic E-state index is 12.3. The second kappa shape index (κ2) is 6.45.